The molecular weight excluding hydrogens is 668 g/mol. The van der Waals surface area contributed by atoms with Crippen molar-refractivity contribution >= 4 is 5.91 Å². The Kier molecular flexibility index (Phi) is 14.4. The first-order valence-electron chi connectivity index (χ1n) is 16.0. The van der Waals surface area contributed by atoms with E-state index in [-0.39, 0.29) is 13.2 Å². The smallest absolute Gasteiger partial charge is 0.217 e. The standard InChI is InChI=1S/C28H50N2O19/c1-8-14(34)17(37)19(39)26(43-8)49-24-21(41)28(44-9(2)22(24)47-27-20(40)18(38)15(35)11(6-31)46-27)48-23-13(30-10(3)33)25(42-5-4-29)45-12(7-32)16(23)36/h8-9,11-28,31-32,34-41H,4-7,29H2,1-3H3,(H,30,33)/t8-,9-,11+,12+,13+,14-,15+,16+,17+,18-,19+,20+,21+,22-,23+,24-,25+,26-,27+,28-/m0/s1. The third kappa shape index (κ3) is 8.85. The molecule has 4 aliphatic rings. The molecule has 0 saturated carbocycles. The predicted octanol–water partition coefficient (Wildman–Crippen LogP) is -7.57. The molecule has 4 fully saturated rings. The summed E-state index contributed by atoms with van der Waals surface area (Å²) in [6.45, 7) is 2.53. The highest BCUT2D eigenvalue weighted by Crippen LogP contribution is 2.35. The molecule has 0 radical (unpaired) electrons. The molecule has 21 nitrogen and oxygen atoms in total. The number of nitrogens with one attached hydrogen (secondary N) is 1. The van der Waals surface area contributed by atoms with Crippen LogP contribution in [0.2, 0.25) is 0 Å². The van der Waals surface area contributed by atoms with Crippen LogP contribution in [0.1, 0.15) is 20.8 Å². The van der Waals surface area contributed by atoms with Crippen LogP contribution in [0.5, 0.6) is 0 Å². The molecule has 13 N–H and O–H groups in total. The van der Waals surface area contributed by atoms with Crippen molar-refractivity contribution in [3.63, 3.8) is 0 Å². The molecule has 4 aliphatic heterocycles. The number of aliphatic hydroxyl groups is 10. The number of rotatable bonds is 12. The summed E-state index contributed by atoms with van der Waals surface area (Å²) in [5.74, 6) is -0.579. The van der Waals surface area contributed by atoms with Gasteiger partial charge in [-0.25, -0.2) is 0 Å². The average molecular weight is 719 g/mol. The normalized spacial score (nSPS) is 49.4. The summed E-state index contributed by atoms with van der Waals surface area (Å²) in [6.07, 6.45) is -30.0. The van der Waals surface area contributed by atoms with Crippen molar-refractivity contribution in [1.29, 1.82) is 0 Å². The fraction of sp³-hybridized carbons (Fsp3) is 0.964. The average Bonchev–Trinajstić information content (AvgIpc) is 3.06. The Morgan fingerprint density at radius 2 is 1.10 bits per heavy atom. The minimum Gasteiger partial charge on any atom is -0.394 e. The van der Waals surface area contributed by atoms with E-state index in [0.717, 1.165) is 0 Å². The molecule has 0 aromatic carbocycles. The Labute approximate surface area is 280 Å². The van der Waals surface area contributed by atoms with Crippen LogP contribution < -0.4 is 11.1 Å². The molecule has 4 rings (SSSR count). The molecular formula is C28H50N2O19. The van der Waals surface area contributed by atoms with E-state index >= 15 is 0 Å². The summed E-state index contributed by atoms with van der Waals surface area (Å²) >= 11 is 0. The topological polar surface area (TPSA) is 331 Å². The summed E-state index contributed by atoms with van der Waals surface area (Å²) in [5, 5.41) is 107. The molecule has 0 bridgehead atoms. The minimum atomic E-state index is -1.93. The number of ether oxygens (including phenoxy) is 8. The summed E-state index contributed by atoms with van der Waals surface area (Å²) in [5.41, 5.74) is 5.55. The van der Waals surface area contributed by atoms with Crippen molar-refractivity contribution in [2.75, 3.05) is 26.4 Å². The van der Waals surface area contributed by atoms with Crippen molar-refractivity contribution in [3.05, 3.63) is 0 Å². The van der Waals surface area contributed by atoms with E-state index in [1.54, 1.807) is 0 Å². The van der Waals surface area contributed by atoms with Gasteiger partial charge in [0.05, 0.1) is 32.0 Å². The Bertz CT molecular complexity index is 1050. The van der Waals surface area contributed by atoms with Crippen LogP contribution in [0.25, 0.3) is 0 Å². The molecule has 0 aromatic heterocycles. The minimum absolute atomic E-state index is 0.0448. The van der Waals surface area contributed by atoms with Crippen LogP contribution in [0.3, 0.4) is 0 Å². The van der Waals surface area contributed by atoms with Crippen molar-refractivity contribution in [1.82, 2.24) is 5.32 Å². The molecule has 0 spiro atoms. The quantitative estimate of drug-likeness (QED) is 0.0891. The lowest BCUT2D eigenvalue weighted by Crippen LogP contribution is -2.69. The monoisotopic (exact) mass is 718 g/mol. The van der Waals surface area contributed by atoms with Crippen LogP contribution in [0.15, 0.2) is 0 Å². The lowest BCUT2D eigenvalue weighted by atomic mass is 9.94. The number of hydrogen-bond donors (Lipinski definition) is 12. The molecule has 0 aromatic rings. The van der Waals surface area contributed by atoms with E-state index in [1.807, 2.05) is 0 Å². The van der Waals surface area contributed by atoms with Gasteiger partial charge in [0, 0.05) is 13.5 Å². The van der Waals surface area contributed by atoms with Gasteiger partial charge in [0.2, 0.25) is 5.91 Å². The predicted molar refractivity (Wildman–Crippen MR) is 155 cm³/mol. The molecule has 4 saturated heterocycles. The molecule has 1 amide bonds. The van der Waals surface area contributed by atoms with Gasteiger partial charge in [-0.15, -0.1) is 0 Å². The number of carbonyl (C=O) groups is 1. The molecule has 0 aliphatic carbocycles. The van der Waals surface area contributed by atoms with Crippen LogP contribution >= 0.6 is 0 Å². The Morgan fingerprint density at radius 3 is 1.69 bits per heavy atom. The number of nitrogens with two attached hydrogens (primary N) is 1. The zero-order valence-electron chi connectivity index (χ0n) is 27.1. The highest BCUT2D eigenvalue weighted by molar-refractivity contribution is 5.73. The van der Waals surface area contributed by atoms with E-state index in [1.165, 1.54) is 20.8 Å². The SMILES string of the molecule is CC(=O)N[C@H]1[C@H](OCCN)O[C@H](CO)[C@@H](O)[C@@H]1O[C@@H]1O[C@@H](C)[C@H](O[C@H]2O[C@H](CO)[C@@H](O)[C@H](O)[C@H]2O)[C@@H](O[C@@H]2O[C@@H](C)[C@H](O)[C@@H](O)[C@H]2O)[C@H]1O. The van der Waals surface area contributed by atoms with E-state index < -0.39 is 142 Å². The molecule has 21 heteroatoms. The zero-order chi connectivity index (χ0) is 36.3. The van der Waals surface area contributed by atoms with Gasteiger partial charge in [0.1, 0.15) is 85.4 Å². The molecule has 20 atom stereocenters. The maximum atomic E-state index is 12.2. The van der Waals surface area contributed by atoms with E-state index in [0.29, 0.717) is 0 Å². The maximum Gasteiger partial charge on any atom is 0.217 e. The lowest BCUT2D eigenvalue weighted by Gasteiger charge is -2.50. The van der Waals surface area contributed by atoms with Gasteiger partial charge in [-0.3, -0.25) is 4.79 Å². The molecule has 286 valence electrons. The fourth-order valence-electron chi connectivity index (χ4n) is 6.16. The third-order valence-electron chi connectivity index (χ3n) is 8.90. The summed E-state index contributed by atoms with van der Waals surface area (Å²) in [7, 11) is 0. The number of carbonyl (C=O) groups excluding carboxylic acids is 1. The number of hydrogen-bond acceptors (Lipinski definition) is 20. The lowest BCUT2D eigenvalue weighted by molar-refractivity contribution is -0.391. The van der Waals surface area contributed by atoms with Gasteiger partial charge in [-0.05, 0) is 13.8 Å². The first kappa shape index (κ1) is 40.5. The maximum absolute atomic E-state index is 12.2. The molecule has 4 heterocycles. The first-order valence-corrected chi connectivity index (χ1v) is 16.0. The van der Waals surface area contributed by atoms with Gasteiger partial charge in [-0.1, -0.05) is 0 Å². The van der Waals surface area contributed by atoms with Crippen LogP contribution in [-0.4, -0.2) is 206 Å². The summed E-state index contributed by atoms with van der Waals surface area (Å²) in [4.78, 5) is 12.2. The van der Waals surface area contributed by atoms with Gasteiger partial charge in [0.25, 0.3) is 0 Å². The highest BCUT2D eigenvalue weighted by atomic mass is 16.8. The van der Waals surface area contributed by atoms with Gasteiger partial charge >= 0.3 is 0 Å². The fourth-order valence-corrected chi connectivity index (χ4v) is 6.16. The van der Waals surface area contributed by atoms with Crippen molar-refractivity contribution in [3.8, 4) is 0 Å². The Balaban J connectivity index is 1.65. The van der Waals surface area contributed by atoms with E-state index in [2.05, 4.69) is 5.32 Å². The van der Waals surface area contributed by atoms with Crippen LogP contribution in [0, 0.1) is 0 Å². The molecule has 0 unspecified atom stereocenters. The summed E-state index contributed by atoms with van der Waals surface area (Å²) in [6, 6.07) is -1.24. The van der Waals surface area contributed by atoms with Crippen molar-refractivity contribution in [2.45, 2.75) is 144 Å². The largest absolute Gasteiger partial charge is 0.394 e. The zero-order valence-corrected chi connectivity index (χ0v) is 27.1. The number of aliphatic hydroxyl groups excluding tert-OH is 10. The number of amides is 1. The summed E-state index contributed by atoms with van der Waals surface area (Å²) < 4.78 is 46.1. The van der Waals surface area contributed by atoms with E-state index in [4.69, 9.17) is 43.6 Å². The highest BCUT2D eigenvalue weighted by Gasteiger charge is 2.55. The second-order valence-corrected chi connectivity index (χ2v) is 12.5. The third-order valence-corrected chi connectivity index (χ3v) is 8.90. The van der Waals surface area contributed by atoms with Crippen molar-refractivity contribution in [2.24, 2.45) is 5.73 Å². The van der Waals surface area contributed by atoms with Crippen molar-refractivity contribution < 1.29 is 93.8 Å². The second-order valence-electron chi connectivity index (χ2n) is 12.5. The molecule has 49 heavy (non-hydrogen) atoms. The van der Waals surface area contributed by atoms with Crippen LogP contribution in [-0.2, 0) is 42.7 Å². The van der Waals surface area contributed by atoms with Gasteiger partial charge < -0.3 is 100 Å². The second kappa shape index (κ2) is 17.5. The van der Waals surface area contributed by atoms with E-state index in [9.17, 15) is 55.9 Å². The Hall–Kier alpha value is -1.29. The first-order chi connectivity index (χ1) is 23.1. The van der Waals surface area contributed by atoms with Gasteiger partial charge in [0.15, 0.2) is 25.2 Å². The Morgan fingerprint density at radius 1 is 0.612 bits per heavy atom. The van der Waals surface area contributed by atoms with Crippen LogP contribution in [0.4, 0.5) is 0 Å². The van der Waals surface area contributed by atoms with Gasteiger partial charge in [-0.2, -0.15) is 0 Å².